The molecule has 0 aromatic carbocycles. The van der Waals surface area contributed by atoms with Crippen molar-refractivity contribution in [3.05, 3.63) is 41.5 Å². The van der Waals surface area contributed by atoms with Crippen molar-refractivity contribution in [3.8, 4) is 0 Å². The monoisotopic (exact) mass is 327 g/mol. The smallest absolute Gasteiger partial charge is 0.224 e. The number of hydrogen-bond donors (Lipinski definition) is 1. The Hall–Kier alpha value is -2.37. The van der Waals surface area contributed by atoms with Crippen molar-refractivity contribution < 1.29 is 4.79 Å². The van der Waals surface area contributed by atoms with Gasteiger partial charge in [-0.05, 0) is 38.5 Å². The summed E-state index contributed by atoms with van der Waals surface area (Å²) in [6.45, 7) is 6.18. The van der Waals surface area contributed by atoms with Crippen LogP contribution in [0.1, 0.15) is 35.8 Å². The highest BCUT2D eigenvalue weighted by molar-refractivity contribution is 5.76. The average Bonchev–Trinajstić information content (AvgIpc) is 3.21. The fourth-order valence-electron chi connectivity index (χ4n) is 3.23. The van der Waals surface area contributed by atoms with Gasteiger partial charge in [-0.2, -0.15) is 5.10 Å². The molecule has 1 fully saturated rings. The summed E-state index contributed by atoms with van der Waals surface area (Å²) in [5.74, 6) is 0.528. The van der Waals surface area contributed by atoms with Gasteiger partial charge in [-0.1, -0.05) is 0 Å². The maximum Gasteiger partial charge on any atom is 0.224 e. The van der Waals surface area contributed by atoms with Gasteiger partial charge < -0.3 is 10.2 Å². The van der Waals surface area contributed by atoms with E-state index >= 15 is 0 Å². The Kier molecular flexibility index (Phi) is 4.83. The minimum atomic E-state index is 0.201. The van der Waals surface area contributed by atoms with Gasteiger partial charge in [-0.15, -0.1) is 0 Å². The molecule has 0 aliphatic carbocycles. The number of carbonyl (C=O) groups excluding carboxylic acids is 1. The highest BCUT2D eigenvalue weighted by Gasteiger charge is 2.28. The second-order valence-electron chi connectivity index (χ2n) is 6.47. The van der Waals surface area contributed by atoms with Crippen LogP contribution in [0.3, 0.4) is 0 Å². The number of pyridine rings is 1. The summed E-state index contributed by atoms with van der Waals surface area (Å²) in [6, 6.07) is 6.09. The second kappa shape index (κ2) is 7.03. The number of amides is 1. The molecule has 1 amide bonds. The Morgan fingerprint density at radius 3 is 2.88 bits per heavy atom. The van der Waals surface area contributed by atoms with E-state index in [4.69, 9.17) is 0 Å². The van der Waals surface area contributed by atoms with Crippen molar-refractivity contribution in [1.29, 1.82) is 0 Å². The van der Waals surface area contributed by atoms with Gasteiger partial charge in [0.25, 0.3) is 0 Å². The predicted molar refractivity (Wildman–Crippen MR) is 94.0 cm³/mol. The molecule has 3 heterocycles. The predicted octanol–water partition coefficient (Wildman–Crippen LogP) is 2.34. The number of hydrogen-bond acceptors (Lipinski definition) is 4. The van der Waals surface area contributed by atoms with Crippen LogP contribution in [-0.2, 0) is 11.3 Å². The molecular formula is C18H25N5O. The summed E-state index contributed by atoms with van der Waals surface area (Å²) >= 11 is 0. The molecule has 6 nitrogen and oxygen atoms in total. The molecule has 0 radical (unpaired) electrons. The van der Waals surface area contributed by atoms with Crippen molar-refractivity contribution in [2.75, 3.05) is 25.5 Å². The summed E-state index contributed by atoms with van der Waals surface area (Å²) in [5.41, 5.74) is 4.15. The van der Waals surface area contributed by atoms with Crippen LogP contribution in [0.2, 0.25) is 0 Å². The lowest BCUT2D eigenvalue weighted by atomic mass is 10.0. The number of anilines is 1. The van der Waals surface area contributed by atoms with E-state index in [9.17, 15) is 4.79 Å². The summed E-state index contributed by atoms with van der Waals surface area (Å²) in [6.07, 6.45) is 3.40. The molecule has 24 heavy (non-hydrogen) atoms. The normalized spacial score (nSPS) is 17.3. The van der Waals surface area contributed by atoms with Crippen molar-refractivity contribution in [1.82, 2.24) is 19.7 Å². The van der Waals surface area contributed by atoms with Crippen molar-refractivity contribution in [3.63, 3.8) is 0 Å². The highest BCUT2D eigenvalue weighted by Crippen LogP contribution is 2.28. The first-order valence-corrected chi connectivity index (χ1v) is 8.49. The standard InChI is InChI=1S/C18H25N5O/c1-13-4-8-23(21-13)9-6-18(24)22-7-5-15(12-22)17-11-16(19-3)10-14(2)20-17/h4,8,10-11,15H,5-7,9,12H2,1-3H3,(H,19,20)/t15-/m0/s1. The van der Waals surface area contributed by atoms with E-state index in [2.05, 4.69) is 21.5 Å². The Morgan fingerprint density at radius 1 is 1.33 bits per heavy atom. The van der Waals surface area contributed by atoms with Crippen LogP contribution in [0.15, 0.2) is 24.4 Å². The number of carbonyl (C=O) groups is 1. The number of nitrogens with one attached hydrogen (secondary N) is 1. The van der Waals surface area contributed by atoms with E-state index in [0.717, 1.165) is 42.3 Å². The molecule has 128 valence electrons. The highest BCUT2D eigenvalue weighted by atomic mass is 16.2. The number of rotatable bonds is 5. The Labute approximate surface area is 142 Å². The van der Waals surface area contributed by atoms with Gasteiger partial charge in [0.2, 0.25) is 5.91 Å². The summed E-state index contributed by atoms with van der Waals surface area (Å²) in [5, 5.41) is 7.51. The largest absolute Gasteiger partial charge is 0.388 e. The topological polar surface area (TPSA) is 63.1 Å². The third-order valence-electron chi connectivity index (χ3n) is 4.55. The van der Waals surface area contributed by atoms with Gasteiger partial charge in [0.1, 0.15) is 0 Å². The van der Waals surface area contributed by atoms with E-state index in [-0.39, 0.29) is 5.91 Å². The number of nitrogens with zero attached hydrogens (tertiary/aromatic N) is 4. The maximum atomic E-state index is 12.4. The first-order chi connectivity index (χ1) is 11.5. The van der Waals surface area contributed by atoms with Crippen LogP contribution in [0.5, 0.6) is 0 Å². The van der Waals surface area contributed by atoms with Crippen LogP contribution < -0.4 is 5.32 Å². The summed E-state index contributed by atoms with van der Waals surface area (Å²) in [7, 11) is 1.92. The molecule has 1 N–H and O–H groups in total. The van der Waals surface area contributed by atoms with Crippen molar-refractivity contribution in [2.24, 2.45) is 0 Å². The zero-order valence-electron chi connectivity index (χ0n) is 14.6. The third-order valence-corrected chi connectivity index (χ3v) is 4.55. The molecule has 0 spiro atoms. The lowest BCUT2D eigenvalue weighted by Gasteiger charge is -2.17. The van der Waals surface area contributed by atoms with Crippen LogP contribution in [0.4, 0.5) is 5.69 Å². The van der Waals surface area contributed by atoms with E-state index in [1.807, 2.05) is 48.8 Å². The molecule has 1 aliphatic heterocycles. The molecule has 1 atom stereocenters. The summed E-state index contributed by atoms with van der Waals surface area (Å²) < 4.78 is 1.84. The van der Waals surface area contributed by atoms with E-state index in [1.54, 1.807) is 0 Å². The van der Waals surface area contributed by atoms with Gasteiger partial charge >= 0.3 is 0 Å². The van der Waals surface area contributed by atoms with Crippen LogP contribution >= 0.6 is 0 Å². The van der Waals surface area contributed by atoms with E-state index in [1.165, 1.54) is 0 Å². The Balaban J connectivity index is 1.58. The number of aromatic nitrogens is 3. The quantitative estimate of drug-likeness (QED) is 0.915. The molecule has 1 aliphatic rings. The van der Waals surface area contributed by atoms with Crippen LogP contribution in [0.25, 0.3) is 0 Å². The summed E-state index contributed by atoms with van der Waals surface area (Å²) in [4.78, 5) is 19.1. The maximum absolute atomic E-state index is 12.4. The molecular weight excluding hydrogens is 302 g/mol. The van der Waals surface area contributed by atoms with Crippen LogP contribution in [0, 0.1) is 13.8 Å². The fourth-order valence-corrected chi connectivity index (χ4v) is 3.23. The fraction of sp³-hybridized carbons (Fsp3) is 0.500. The minimum absolute atomic E-state index is 0.201. The van der Waals surface area contributed by atoms with Gasteiger partial charge in [-0.3, -0.25) is 14.5 Å². The molecule has 0 unspecified atom stereocenters. The second-order valence-corrected chi connectivity index (χ2v) is 6.47. The van der Waals surface area contributed by atoms with E-state index in [0.29, 0.717) is 18.9 Å². The lowest BCUT2D eigenvalue weighted by Crippen LogP contribution is -2.29. The van der Waals surface area contributed by atoms with Gasteiger partial charge in [0.05, 0.1) is 5.69 Å². The van der Waals surface area contributed by atoms with Crippen molar-refractivity contribution >= 4 is 11.6 Å². The Bertz CT molecular complexity index is 724. The lowest BCUT2D eigenvalue weighted by molar-refractivity contribution is -0.130. The van der Waals surface area contributed by atoms with Gasteiger partial charge in [0.15, 0.2) is 0 Å². The molecule has 0 saturated carbocycles. The van der Waals surface area contributed by atoms with Crippen molar-refractivity contribution in [2.45, 2.75) is 39.2 Å². The van der Waals surface area contributed by atoms with Crippen LogP contribution in [-0.4, -0.2) is 45.7 Å². The van der Waals surface area contributed by atoms with Gasteiger partial charge in [0, 0.05) is 62.3 Å². The third kappa shape index (κ3) is 3.75. The van der Waals surface area contributed by atoms with E-state index < -0.39 is 0 Å². The SMILES string of the molecule is CNc1cc(C)nc([C@H]2CCN(C(=O)CCn3ccc(C)n3)C2)c1. The molecule has 3 rings (SSSR count). The minimum Gasteiger partial charge on any atom is -0.388 e. The number of likely N-dealkylation sites (tertiary alicyclic amines) is 1. The zero-order chi connectivity index (χ0) is 17.1. The number of aryl methyl sites for hydroxylation is 3. The molecule has 2 aromatic rings. The first-order valence-electron chi connectivity index (χ1n) is 8.49. The molecule has 2 aromatic heterocycles. The molecule has 6 heteroatoms. The Morgan fingerprint density at radius 2 is 2.17 bits per heavy atom. The average molecular weight is 327 g/mol. The van der Waals surface area contributed by atoms with Gasteiger partial charge in [-0.25, -0.2) is 0 Å². The first kappa shape index (κ1) is 16.5. The molecule has 0 bridgehead atoms. The molecule has 1 saturated heterocycles. The zero-order valence-corrected chi connectivity index (χ0v) is 14.6.